The van der Waals surface area contributed by atoms with E-state index in [1.54, 1.807) is 29.2 Å². The van der Waals surface area contributed by atoms with E-state index in [2.05, 4.69) is 427 Å². The van der Waals surface area contributed by atoms with Gasteiger partial charge in [0.2, 0.25) is 0 Å². The third-order valence-electron chi connectivity index (χ3n) is 27.3. The monoisotopic (exact) mass is 1800 g/mol. The van der Waals surface area contributed by atoms with Crippen LogP contribution in [0, 0.1) is 18.2 Å². The fourth-order valence-electron chi connectivity index (χ4n) is 21.0. The molecule has 658 valence electrons. The van der Waals surface area contributed by atoms with Crippen molar-refractivity contribution in [2.24, 2.45) is 0 Å². The van der Waals surface area contributed by atoms with E-state index in [4.69, 9.17) is 6.57 Å². The van der Waals surface area contributed by atoms with Crippen molar-refractivity contribution in [3.05, 3.63) is 527 Å². The van der Waals surface area contributed by atoms with Crippen LogP contribution >= 0.6 is 0 Å². The first kappa shape index (κ1) is 83.0. The summed E-state index contributed by atoms with van der Waals surface area (Å²) < 4.78 is 35.8. The molecule has 0 aliphatic carbocycles. The Morgan fingerprint density at radius 3 is 0.879 bits per heavy atom. The van der Waals surface area contributed by atoms with Crippen LogP contribution in [0.2, 0.25) is 0 Å². The molecule has 0 atom stereocenters. The predicted molar refractivity (Wildman–Crippen MR) is 579 cm³/mol. The van der Waals surface area contributed by atoms with Gasteiger partial charge in [-0.15, -0.1) is 0 Å². The van der Waals surface area contributed by atoms with Crippen molar-refractivity contribution in [2.75, 3.05) is 14.7 Å². The molecule has 0 amide bonds. The number of hydrogen-bond donors (Lipinski definition) is 0. The molecular formula is C129H83F2N9. The van der Waals surface area contributed by atoms with Gasteiger partial charge in [0.05, 0.1) is 69.1 Å². The minimum atomic E-state index is -0.660. The van der Waals surface area contributed by atoms with Gasteiger partial charge in [0, 0.05) is 102 Å². The highest BCUT2D eigenvalue weighted by atomic mass is 19.1. The Morgan fingerprint density at radius 2 is 0.500 bits per heavy atom. The van der Waals surface area contributed by atoms with Crippen LogP contribution in [0.3, 0.4) is 0 Å². The molecule has 0 aliphatic rings. The molecule has 22 aromatic carbocycles. The van der Waals surface area contributed by atoms with Gasteiger partial charge >= 0.3 is 0 Å². The maximum Gasteiger partial charge on any atom is 0.187 e. The SMILES string of the molecule is [C-]#[N+]c1ccc(N(c2ccc(-c3ccc4c5c3ccc3cccc(c35)n4-c3ccccc3)cc2)c2cc(F)cc(F)c2)cc1.c1ccc(-n2c3cccc4ccc5c(-c6ccc(-c7ccc(N(c8cccnc8)c8ccc9ccccc9c8)cc7)cc6)ccc2c5c43)cc1.c1ccc(N(c2ccc(-c3ccc(-c4ccc5c6c4ccc4cccc(c46)n5-c4ccccc4)cc3)cc2)c2cccnc2)cc1. The molecular weight excluding hydrogens is 1710 g/mol. The normalized spacial score (nSPS) is 11.5. The largest absolute Gasteiger partial charge is 0.310 e. The average Bonchev–Trinajstić information content (AvgIpc) is 1.56. The number of benzene rings is 22. The molecule has 0 unspecified atom stereocenters. The maximum absolute atomic E-state index is 14.3. The zero-order chi connectivity index (χ0) is 93.3. The Kier molecular flexibility index (Phi) is 20.8. The van der Waals surface area contributed by atoms with E-state index < -0.39 is 11.6 Å². The molecule has 0 fully saturated rings. The molecule has 0 aliphatic heterocycles. The van der Waals surface area contributed by atoms with E-state index in [0.717, 1.165) is 73.6 Å². The number of nitrogens with zero attached hydrogens (tertiary/aromatic N) is 9. The van der Waals surface area contributed by atoms with Gasteiger partial charge in [-0.1, -0.05) is 291 Å². The molecule has 140 heavy (non-hydrogen) atoms. The van der Waals surface area contributed by atoms with Crippen LogP contribution in [0.25, 0.3) is 186 Å². The summed E-state index contributed by atoms with van der Waals surface area (Å²) >= 11 is 0. The Balaban J connectivity index is 0.000000111. The number of aromatic nitrogens is 5. The van der Waals surface area contributed by atoms with Gasteiger partial charge in [0.1, 0.15) is 11.6 Å². The van der Waals surface area contributed by atoms with Crippen molar-refractivity contribution in [3.8, 4) is 72.7 Å². The van der Waals surface area contributed by atoms with Crippen molar-refractivity contribution in [3.63, 3.8) is 0 Å². The minimum Gasteiger partial charge on any atom is -0.310 e. The highest BCUT2D eigenvalue weighted by Gasteiger charge is 2.26. The standard InChI is InChI=1S/C47H31N3.C43H29N3.C39H23F2N3/c1-2-11-38(12-3-1)50-44-14-6-10-36-22-26-43-42(27-28-45(50)47(43)46(36)44)35-17-15-33(16-18-35)34-19-23-39(24-20-34)49(41-13-7-29-48-31-41)40-25-21-32-8-4-5-9-37(32)30-40;1-3-10-34(11-4-1)45(37-14-8-28-44-29-37)36-23-20-31(21-24-36)30-16-18-32(19-17-30)38-26-27-41-43-39(38)25-22-33-9-7-15-40(42(33)43)46(41)35-12-5-2-6-13-35;1-42-29-13-17-32(18-14-29)43(33-23-27(40)22-28(41)24-33)31-15-10-25(11-16-31)34-20-21-37-39-35(34)19-12-26-6-5-9-36(38(26)39)44(37)30-7-3-2-4-8-30/h1-31H;1-29H;2-24H. The van der Waals surface area contributed by atoms with Gasteiger partial charge in [-0.2, -0.15) is 0 Å². The molecule has 0 bridgehead atoms. The molecule has 27 aromatic rings. The summed E-state index contributed by atoms with van der Waals surface area (Å²) in [5, 5.41) is 17.7. The molecule has 27 rings (SSSR count). The second-order valence-electron chi connectivity index (χ2n) is 35.3. The van der Waals surface area contributed by atoms with Gasteiger partial charge in [0.15, 0.2) is 5.69 Å². The smallest absolute Gasteiger partial charge is 0.187 e. The second-order valence-corrected chi connectivity index (χ2v) is 35.3. The van der Waals surface area contributed by atoms with Gasteiger partial charge < -0.3 is 28.4 Å². The molecule has 11 heteroatoms. The third kappa shape index (κ3) is 14.8. The molecule has 0 N–H and O–H groups in total. The van der Waals surface area contributed by atoms with E-state index >= 15 is 0 Å². The predicted octanol–water partition coefficient (Wildman–Crippen LogP) is 35.6. The van der Waals surface area contributed by atoms with Crippen LogP contribution in [0.5, 0.6) is 0 Å². The fourth-order valence-corrected chi connectivity index (χ4v) is 21.0. The van der Waals surface area contributed by atoms with E-state index in [1.807, 2.05) is 73.3 Å². The van der Waals surface area contributed by atoms with Crippen molar-refractivity contribution < 1.29 is 8.78 Å². The fraction of sp³-hybridized carbons (Fsp3) is 0. The Labute approximate surface area is 806 Å². The highest BCUT2D eigenvalue weighted by molar-refractivity contribution is 6.29. The summed E-state index contributed by atoms with van der Waals surface area (Å²) in [6, 6.07) is 166. The number of para-hydroxylation sites is 4. The zero-order valence-electron chi connectivity index (χ0n) is 75.7. The second kappa shape index (κ2) is 35.2. The number of fused-ring (bicyclic) bond motifs is 1. The minimum absolute atomic E-state index is 0.353. The third-order valence-corrected chi connectivity index (χ3v) is 27.3. The van der Waals surface area contributed by atoms with Crippen LogP contribution in [-0.2, 0) is 0 Å². The first-order valence-corrected chi connectivity index (χ1v) is 46.9. The summed E-state index contributed by atoms with van der Waals surface area (Å²) in [4.78, 5) is 18.6. The van der Waals surface area contributed by atoms with E-state index in [9.17, 15) is 8.78 Å². The van der Waals surface area contributed by atoms with Crippen LogP contribution in [0.1, 0.15) is 0 Å². The first-order chi connectivity index (χ1) is 69.2. The van der Waals surface area contributed by atoms with Crippen molar-refractivity contribution in [1.29, 1.82) is 0 Å². The Bertz CT molecular complexity index is 9220. The number of hydrogen-bond acceptors (Lipinski definition) is 5. The molecule has 0 saturated heterocycles. The zero-order valence-corrected chi connectivity index (χ0v) is 75.7. The van der Waals surface area contributed by atoms with Crippen LogP contribution in [0.15, 0.2) is 504 Å². The Morgan fingerprint density at radius 1 is 0.207 bits per heavy atom. The summed E-state index contributed by atoms with van der Waals surface area (Å²) in [6.07, 6.45) is 7.45. The molecule has 5 aromatic heterocycles. The van der Waals surface area contributed by atoms with Crippen molar-refractivity contribution >= 4 is 165 Å². The average molecular weight is 1800 g/mol. The van der Waals surface area contributed by atoms with E-state index in [1.165, 1.54) is 166 Å². The summed E-state index contributed by atoms with van der Waals surface area (Å²) in [5.74, 6) is -1.32. The summed E-state index contributed by atoms with van der Waals surface area (Å²) in [5.41, 5.74) is 31.3. The van der Waals surface area contributed by atoms with Crippen molar-refractivity contribution in [1.82, 2.24) is 23.7 Å². The van der Waals surface area contributed by atoms with Gasteiger partial charge in [0.25, 0.3) is 0 Å². The van der Waals surface area contributed by atoms with Gasteiger partial charge in [-0.05, 0) is 281 Å². The number of anilines is 9. The van der Waals surface area contributed by atoms with Crippen LogP contribution < -0.4 is 14.7 Å². The van der Waals surface area contributed by atoms with Crippen molar-refractivity contribution in [2.45, 2.75) is 0 Å². The number of halogens is 2. The van der Waals surface area contributed by atoms with Gasteiger partial charge in [-0.3, -0.25) is 9.97 Å². The lowest BCUT2D eigenvalue weighted by atomic mass is 9.93. The number of pyridine rings is 2. The van der Waals surface area contributed by atoms with Crippen LogP contribution in [-0.4, -0.2) is 23.7 Å². The quantitative estimate of drug-likeness (QED) is 0.0672. The lowest BCUT2D eigenvalue weighted by Gasteiger charge is -2.26. The first-order valence-electron chi connectivity index (χ1n) is 46.9. The number of rotatable bonds is 17. The topological polar surface area (TPSA) is 54.7 Å². The lowest BCUT2D eigenvalue weighted by molar-refractivity contribution is 0.584. The Hall–Kier alpha value is -18.9. The molecule has 0 spiro atoms. The van der Waals surface area contributed by atoms with Crippen LogP contribution in [0.4, 0.5) is 65.7 Å². The molecule has 0 saturated carbocycles. The summed E-state index contributed by atoms with van der Waals surface area (Å²) in [6.45, 7) is 7.29. The van der Waals surface area contributed by atoms with E-state index in [-0.39, 0.29) is 0 Å². The molecule has 0 radical (unpaired) electrons. The van der Waals surface area contributed by atoms with E-state index in [0.29, 0.717) is 17.1 Å². The maximum atomic E-state index is 14.3. The highest BCUT2D eigenvalue weighted by Crippen LogP contribution is 2.50. The lowest BCUT2D eigenvalue weighted by Crippen LogP contribution is -2.10. The summed E-state index contributed by atoms with van der Waals surface area (Å²) in [7, 11) is 0. The molecule has 9 nitrogen and oxygen atoms in total. The van der Waals surface area contributed by atoms with Gasteiger partial charge in [-0.25, -0.2) is 13.6 Å². The molecule has 5 heterocycles.